The first-order chi connectivity index (χ1) is 10.6. The van der Waals surface area contributed by atoms with Crippen LogP contribution >= 0.6 is 0 Å². The van der Waals surface area contributed by atoms with Crippen LogP contribution in [0.4, 0.5) is 5.69 Å². The van der Waals surface area contributed by atoms with Crippen LogP contribution < -0.4 is 11.1 Å². The van der Waals surface area contributed by atoms with Gasteiger partial charge in [0.05, 0.1) is 18.7 Å². The average molecular weight is 304 g/mol. The van der Waals surface area contributed by atoms with Gasteiger partial charge in [0.15, 0.2) is 0 Å². The molecule has 5 nitrogen and oxygen atoms in total. The number of amides is 1. The maximum Gasteiger partial charge on any atom is 0.337 e. The predicted octanol–water partition coefficient (Wildman–Crippen LogP) is 2.71. The predicted molar refractivity (Wildman–Crippen MR) is 85.6 cm³/mol. The number of rotatable bonds is 5. The van der Waals surface area contributed by atoms with E-state index in [4.69, 9.17) is 5.73 Å². The van der Waals surface area contributed by atoms with Crippen LogP contribution in [0.5, 0.6) is 0 Å². The van der Waals surface area contributed by atoms with E-state index in [1.165, 1.54) is 39.2 Å². The van der Waals surface area contributed by atoms with Crippen molar-refractivity contribution in [1.82, 2.24) is 0 Å². The first kappa shape index (κ1) is 16.5. The van der Waals surface area contributed by atoms with Crippen LogP contribution in [0.1, 0.15) is 48.9 Å². The van der Waals surface area contributed by atoms with Gasteiger partial charge in [-0.3, -0.25) is 4.79 Å². The first-order valence-electron chi connectivity index (χ1n) is 7.85. The Bertz CT molecular complexity index is 524. The van der Waals surface area contributed by atoms with Gasteiger partial charge in [0.1, 0.15) is 0 Å². The fourth-order valence-electron chi connectivity index (χ4n) is 2.97. The van der Waals surface area contributed by atoms with Crippen LogP contribution in [0.25, 0.3) is 0 Å². The van der Waals surface area contributed by atoms with Crippen LogP contribution in [0.3, 0.4) is 0 Å². The van der Waals surface area contributed by atoms with Gasteiger partial charge in [0.25, 0.3) is 0 Å². The zero-order chi connectivity index (χ0) is 15.9. The minimum absolute atomic E-state index is 0.201. The number of nitrogens with two attached hydrogens (primary N) is 1. The van der Waals surface area contributed by atoms with Gasteiger partial charge in [-0.15, -0.1) is 0 Å². The topological polar surface area (TPSA) is 81.4 Å². The maximum absolute atomic E-state index is 12.2. The summed E-state index contributed by atoms with van der Waals surface area (Å²) in [5.41, 5.74) is 6.98. The third kappa shape index (κ3) is 4.56. The van der Waals surface area contributed by atoms with E-state index in [1.54, 1.807) is 24.3 Å². The van der Waals surface area contributed by atoms with Crippen molar-refractivity contribution in [2.45, 2.75) is 44.6 Å². The van der Waals surface area contributed by atoms with Crippen LogP contribution in [-0.2, 0) is 9.53 Å². The van der Waals surface area contributed by atoms with Gasteiger partial charge < -0.3 is 15.8 Å². The van der Waals surface area contributed by atoms with Crippen molar-refractivity contribution in [1.29, 1.82) is 0 Å². The molecule has 1 amide bonds. The lowest BCUT2D eigenvalue weighted by Gasteiger charge is -2.24. The lowest BCUT2D eigenvalue weighted by molar-refractivity contribution is -0.117. The fraction of sp³-hybridized carbons (Fsp3) is 0.529. The molecule has 0 bridgehead atoms. The van der Waals surface area contributed by atoms with Crippen LogP contribution in [0, 0.1) is 5.92 Å². The molecule has 0 heterocycles. The van der Waals surface area contributed by atoms with Crippen LogP contribution in [0.15, 0.2) is 24.3 Å². The summed E-state index contributed by atoms with van der Waals surface area (Å²) in [5.74, 6) is -0.0777. The van der Waals surface area contributed by atoms with E-state index in [0.717, 1.165) is 6.42 Å². The second-order valence-electron chi connectivity index (χ2n) is 5.91. The molecule has 0 aliphatic heterocycles. The molecule has 0 radical (unpaired) electrons. The molecule has 0 spiro atoms. The van der Waals surface area contributed by atoms with Crippen LogP contribution in [0.2, 0.25) is 0 Å². The Kier molecular flexibility index (Phi) is 5.95. The van der Waals surface area contributed by atoms with Gasteiger partial charge in [-0.1, -0.05) is 38.2 Å². The Morgan fingerprint density at radius 3 is 2.73 bits per heavy atom. The summed E-state index contributed by atoms with van der Waals surface area (Å²) >= 11 is 0. The quantitative estimate of drug-likeness (QED) is 0.819. The number of methoxy groups -OCH3 is 1. The highest BCUT2D eigenvalue weighted by atomic mass is 16.5. The SMILES string of the molecule is COC(=O)c1cccc(NC(=O)C(N)CC2CCCCC2)c1. The number of anilines is 1. The van der Waals surface area contributed by atoms with E-state index in [9.17, 15) is 9.59 Å². The molecular formula is C17H24N2O3. The number of carbonyl (C=O) groups excluding carboxylic acids is 2. The summed E-state index contributed by atoms with van der Waals surface area (Å²) in [6.45, 7) is 0. The Labute approximate surface area is 131 Å². The number of esters is 1. The number of hydrogen-bond donors (Lipinski definition) is 2. The summed E-state index contributed by atoms with van der Waals surface area (Å²) in [7, 11) is 1.33. The van der Waals surface area contributed by atoms with Crippen molar-refractivity contribution < 1.29 is 14.3 Å². The van der Waals surface area contributed by atoms with E-state index in [-0.39, 0.29) is 5.91 Å². The molecule has 1 aliphatic carbocycles. The Balaban J connectivity index is 1.91. The van der Waals surface area contributed by atoms with Crippen LogP contribution in [-0.4, -0.2) is 25.0 Å². The molecule has 3 N–H and O–H groups in total. The van der Waals surface area contributed by atoms with Gasteiger partial charge in [-0.05, 0) is 30.5 Å². The molecule has 5 heteroatoms. The standard InChI is InChI=1S/C17H24N2O3/c1-22-17(21)13-8-5-9-14(11-13)19-16(20)15(18)10-12-6-3-2-4-7-12/h5,8-9,11-12,15H,2-4,6-7,10,18H2,1H3,(H,19,20). The maximum atomic E-state index is 12.2. The molecule has 1 aromatic rings. The molecule has 1 saturated carbocycles. The highest BCUT2D eigenvalue weighted by molar-refractivity contribution is 5.96. The van der Waals surface area contributed by atoms with E-state index in [1.807, 2.05) is 0 Å². The molecule has 0 aromatic heterocycles. The second-order valence-corrected chi connectivity index (χ2v) is 5.91. The van der Waals surface area contributed by atoms with E-state index >= 15 is 0 Å². The zero-order valence-electron chi connectivity index (χ0n) is 13.0. The van der Waals surface area contributed by atoms with Crippen molar-refractivity contribution in [3.63, 3.8) is 0 Å². The molecule has 2 rings (SSSR count). The van der Waals surface area contributed by atoms with Gasteiger partial charge in [-0.25, -0.2) is 4.79 Å². The number of hydrogen-bond acceptors (Lipinski definition) is 4. The van der Waals surface area contributed by atoms with Gasteiger partial charge in [-0.2, -0.15) is 0 Å². The molecule has 120 valence electrons. The summed E-state index contributed by atoms with van der Waals surface area (Å²) in [6, 6.07) is 6.16. The van der Waals surface area contributed by atoms with Crippen molar-refractivity contribution in [2.24, 2.45) is 11.7 Å². The van der Waals surface area contributed by atoms with Gasteiger partial charge in [0.2, 0.25) is 5.91 Å². The van der Waals surface area contributed by atoms with E-state index in [0.29, 0.717) is 17.2 Å². The Morgan fingerprint density at radius 1 is 1.32 bits per heavy atom. The van der Waals surface area contributed by atoms with Crippen molar-refractivity contribution in [3.05, 3.63) is 29.8 Å². The summed E-state index contributed by atoms with van der Waals surface area (Å²) in [4.78, 5) is 23.7. The minimum atomic E-state index is -0.509. The molecule has 1 aliphatic rings. The van der Waals surface area contributed by atoms with Crippen molar-refractivity contribution in [3.8, 4) is 0 Å². The third-order valence-corrected chi connectivity index (χ3v) is 4.20. The minimum Gasteiger partial charge on any atom is -0.465 e. The number of nitrogens with one attached hydrogen (secondary N) is 1. The van der Waals surface area contributed by atoms with E-state index in [2.05, 4.69) is 10.1 Å². The fourth-order valence-corrected chi connectivity index (χ4v) is 2.97. The summed E-state index contributed by atoms with van der Waals surface area (Å²) in [5, 5.41) is 2.78. The lowest BCUT2D eigenvalue weighted by Crippen LogP contribution is -2.37. The Hall–Kier alpha value is -1.88. The molecule has 1 fully saturated rings. The molecule has 0 saturated heterocycles. The molecule has 1 aromatic carbocycles. The molecule has 1 atom stereocenters. The number of ether oxygens (including phenoxy) is 1. The Morgan fingerprint density at radius 2 is 2.05 bits per heavy atom. The van der Waals surface area contributed by atoms with Gasteiger partial charge in [0, 0.05) is 5.69 Å². The summed E-state index contributed by atoms with van der Waals surface area (Å²) in [6.07, 6.45) is 6.82. The second kappa shape index (κ2) is 7.94. The largest absolute Gasteiger partial charge is 0.465 e. The molecule has 22 heavy (non-hydrogen) atoms. The third-order valence-electron chi connectivity index (χ3n) is 4.20. The number of benzene rings is 1. The van der Waals surface area contributed by atoms with E-state index < -0.39 is 12.0 Å². The molecule has 1 unspecified atom stereocenters. The van der Waals surface area contributed by atoms with Crippen molar-refractivity contribution >= 4 is 17.6 Å². The molecular weight excluding hydrogens is 280 g/mol. The average Bonchev–Trinajstić information content (AvgIpc) is 2.55. The smallest absolute Gasteiger partial charge is 0.337 e. The van der Waals surface area contributed by atoms with Gasteiger partial charge >= 0.3 is 5.97 Å². The zero-order valence-corrected chi connectivity index (χ0v) is 13.0. The van der Waals surface area contributed by atoms with Crippen molar-refractivity contribution in [2.75, 3.05) is 12.4 Å². The normalized spacial score (nSPS) is 16.8. The highest BCUT2D eigenvalue weighted by Crippen LogP contribution is 2.27. The highest BCUT2D eigenvalue weighted by Gasteiger charge is 2.21. The lowest BCUT2D eigenvalue weighted by atomic mass is 9.85. The summed E-state index contributed by atoms with van der Waals surface area (Å²) < 4.78 is 4.67. The monoisotopic (exact) mass is 304 g/mol. The number of carbonyl (C=O) groups is 2. The first-order valence-corrected chi connectivity index (χ1v) is 7.85.